The van der Waals surface area contributed by atoms with E-state index in [0.29, 0.717) is 19.7 Å². The van der Waals surface area contributed by atoms with Crippen molar-refractivity contribution in [1.82, 2.24) is 0 Å². The monoisotopic (exact) mass is 376 g/mol. The Hall–Kier alpha value is -2.48. The van der Waals surface area contributed by atoms with Crippen molar-refractivity contribution < 1.29 is 14.9 Å². The molecule has 0 heterocycles. The number of nitrogen functional groups attached to an aromatic ring is 2. The van der Waals surface area contributed by atoms with Crippen LogP contribution in [0.2, 0.25) is 0 Å². The van der Waals surface area contributed by atoms with Crippen LogP contribution >= 0.6 is 0 Å². The van der Waals surface area contributed by atoms with Gasteiger partial charge in [-0.2, -0.15) is 0 Å². The molecule has 150 valence electrons. The fourth-order valence-corrected chi connectivity index (χ4v) is 2.37. The van der Waals surface area contributed by atoms with Gasteiger partial charge in [0.05, 0.1) is 19.8 Å². The van der Waals surface area contributed by atoms with Gasteiger partial charge in [0.25, 0.3) is 0 Å². The molecule has 0 atom stereocenters. The highest BCUT2D eigenvalue weighted by atomic mass is 16.5. The molecule has 0 bridgehead atoms. The van der Waals surface area contributed by atoms with Crippen LogP contribution in [0.15, 0.2) is 42.5 Å². The summed E-state index contributed by atoms with van der Waals surface area (Å²) in [6, 6.07) is 13.3. The molecule has 0 aromatic heterocycles. The molecule has 7 N–H and O–H groups in total. The Labute approximate surface area is 161 Å². The van der Waals surface area contributed by atoms with Gasteiger partial charge >= 0.3 is 0 Å². The zero-order valence-corrected chi connectivity index (χ0v) is 16.2. The number of methoxy groups -OCH3 is 1. The van der Waals surface area contributed by atoms with Gasteiger partial charge in [-0.05, 0) is 55.0 Å². The van der Waals surface area contributed by atoms with E-state index in [9.17, 15) is 0 Å². The lowest BCUT2D eigenvalue weighted by molar-refractivity contribution is 0.211. The average Bonchev–Trinajstić information content (AvgIpc) is 2.66. The zero-order valence-electron chi connectivity index (χ0n) is 16.2. The van der Waals surface area contributed by atoms with E-state index in [-0.39, 0.29) is 13.2 Å². The van der Waals surface area contributed by atoms with E-state index in [1.165, 1.54) is 0 Å². The quantitative estimate of drug-likeness (QED) is 0.334. The Morgan fingerprint density at radius 3 is 2.15 bits per heavy atom. The predicted molar refractivity (Wildman–Crippen MR) is 113 cm³/mol. The van der Waals surface area contributed by atoms with Gasteiger partial charge in [-0.15, -0.1) is 0 Å². The first-order valence-electron chi connectivity index (χ1n) is 8.93. The minimum absolute atomic E-state index is 0.0728. The first kappa shape index (κ1) is 22.6. The molecule has 2 aromatic rings. The number of aryl methyl sites for hydroxylation is 1. The van der Waals surface area contributed by atoms with Crippen LogP contribution in [0.4, 0.5) is 22.7 Å². The van der Waals surface area contributed by atoms with Gasteiger partial charge in [-0.3, -0.25) is 0 Å². The Kier molecular flexibility index (Phi) is 10.7. The first-order valence-corrected chi connectivity index (χ1v) is 8.93. The van der Waals surface area contributed by atoms with E-state index >= 15 is 0 Å². The maximum absolute atomic E-state index is 8.90. The molecule has 7 nitrogen and oxygen atoms in total. The molecule has 0 fully saturated rings. The van der Waals surface area contributed by atoms with Crippen molar-refractivity contribution >= 4 is 22.7 Å². The molecule has 0 amide bonds. The second kappa shape index (κ2) is 12.8. The first-order chi connectivity index (χ1) is 13.0. The molecule has 0 radical (unpaired) electrons. The average molecular weight is 377 g/mol. The van der Waals surface area contributed by atoms with Crippen molar-refractivity contribution in [2.75, 3.05) is 68.2 Å². The zero-order chi connectivity index (χ0) is 20.1. The highest BCUT2D eigenvalue weighted by Crippen LogP contribution is 2.20. The van der Waals surface area contributed by atoms with E-state index in [1.54, 1.807) is 7.11 Å². The minimum atomic E-state index is 0.0728. The molecule has 0 spiro atoms. The number of rotatable bonds is 9. The molecular weight excluding hydrogens is 344 g/mol. The summed E-state index contributed by atoms with van der Waals surface area (Å²) in [6.07, 6.45) is 0. The van der Waals surface area contributed by atoms with Crippen molar-refractivity contribution in [2.24, 2.45) is 0 Å². The van der Waals surface area contributed by atoms with Crippen molar-refractivity contribution in [2.45, 2.75) is 6.92 Å². The Morgan fingerprint density at radius 1 is 1.00 bits per heavy atom. The molecule has 0 aliphatic carbocycles. The van der Waals surface area contributed by atoms with E-state index in [1.807, 2.05) is 54.3 Å². The normalized spacial score (nSPS) is 10.1. The van der Waals surface area contributed by atoms with Crippen LogP contribution in [-0.4, -0.2) is 56.8 Å². The summed E-state index contributed by atoms with van der Waals surface area (Å²) in [6.45, 7) is 4.65. The molecule has 2 aromatic carbocycles. The Balaban J connectivity index is 0.000000277. The van der Waals surface area contributed by atoms with E-state index in [2.05, 4.69) is 5.32 Å². The molecule has 0 saturated carbocycles. The van der Waals surface area contributed by atoms with Gasteiger partial charge in [0.15, 0.2) is 0 Å². The van der Waals surface area contributed by atoms with E-state index < -0.39 is 0 Å². The molecule has 7 heteroatoms. The summed E-state index contributed by atoms with van der Waals surface area (Å²) in [4.78, 5) is 1.92. The standard InChI is InChI=1S/C11H18N2O2.C9H14N2O/c1-9-8-10(2-3-11(9)12)13(4-6-14)5-7-15;1-12-7-6-11-9-4-2-8(10)3-5-9/h2-3,8,14-15H,4-7,12H2,1H3;2-5,11H,6-7,10H2,1H3. The van der Waals surface area contributed by atoms with Crippen molar-refractivity contribution in [3.63, 3.8) is 0 Å². The number of anilines is 4. The van der Waals surface area contributed by atoms with Gasteiger partial charge in [0.2, 0.25) is 0 Å². The number of aliphatic hydroxyl groups excluding tert-OH is 2. The molecule has 2 rings (SSSR count). The summed E-state index contributed by atoms with van der Waals surface area (Å²) >= 11 is 0. The number of hydrogen-bond donors (Lipinski definition) is 5. The summed E-state index contributed by atoms with van der Waals surface area (Å²) in [5, 5.41) is 21.0. The number of nitrogens with two attached hydrogens (primary N) is 2. The summed E-state index contributed by atoms with van der Waals surface area (Å²) in [5.74, 6) is 0. The lowest BCUT2D eigenvalue weighted by Gasteiger charge is -2.23. The second-order valence-corrected chi connectivity index (χ2v) is 6.02. The van der Waals surface area contributed by atoms with Gasteiger partial charge in [-0.1, -0.05) is 0 Å². The Morgan fingerprint density at radius 2 is 1.63 bits per heavy atom. The molecule has 27 heavy (non-hydrogen) atoms. The third-order valence-corrected chi connectivity index (χ3v) is 3.90. The van der Waals surface area contributed by atoms with Gasteiger partial charge in [-0.25, -0.2) is 0 Å². The number of nitrogens with one attached hydrogen (secondary N) is 1. The van der Waals surface area contributed by atoms with Crippen LogP contribution in [0.1, 0.15) is 5.56 Å². The van der Waals surface area contributed by atoms with Crippen LogP contribution in [0.5, 0.6) is 0 Å². The van der Waals surface area contributed by atoms with Crippen LogP contribution < -0.4 is 21.7 Å². The number of hydrogen-bond acceptors (Lipinski definition) is 7. The fourth-order valence-electron chi connectivity index (χ4n) is 2.37. The van der Waals surface area contributed by atoms with Crippen LogP contribution in [0.3, 0.4) is 0 Å². The highest BCUT2D eigenvalue weighted by molar-refractivity contribution is 5.58. The molecule has 0 aliphatic rings. The number of benzene rings is 2. The van der Waals surface area contributed by atoms with E-state index in [4.69, 9.17) is 26.4 Å². The van der Waals surface area contributed by atoms with Crippen molar-refractivity contribution in [3.05, 3.63) is 48.0 Å². The molecular formula is C20H32N4O3. The van der Waals surface area contributed by atoms with Crippen molar-refractivity contribution in [3.8, 4) is 0 Å². The largest absolute Gasteiger partial charge is 0.399 e. The van der Waals surface area contributed by atoms with Crippen LogP contribution in [0, 0.1) is 6.92 Å². The van der Waals surface area contributed by atoms with Gasteiger partial charge in [0, 0.05) is 49.5 Å². The van der Waals surface area contributed by atoms with Crippen LogP contribution in [-0.2, 0) is 4.74 Å². The number of aliphatic hydroxyl groups is 2. The second-order valence-electron chi connectivity index (χ2n) is 6.02. The number of ether oxygens (including phenoxy) is 1. The van der Waals surface area contributed by atoms with Crippen LogP contribution in [0.25, 0.3) is 0 Å². The molecule has 0 saturated heterocycles. The highest BCUT2D eigenvalue weighted by Gasteiger charge is 2.06. The summed E-state index contributed by atoms with van der Waals surface area (Å²) in [7, 11) is 1.69. The van der Waals surface area contributed by atoms with Gasteiger partial charge < -0.3 is 36.6 Å². The van der Waals surface area contributed by atoms with Crippen molar-refractivity contribution in [1.29, 1.82) is 0 Å². The third-order valence-electron chi connectivity index (χ3n) is 3.90. The SMILES string of the molecule is COCCNc1ccc(N)cc1.Cc1cc(N(CCO)CCO)ccc1N. The van der Waals surface area contributed by atoms with E-state index in [0.717, 1.165) is 34.9 Å². The summed E-state index contributed by atoms with van der Waals surface area (Å²) < 4.78 is 4.90. The topological polar surface area (TPSA) is 117 Å². The van der Waals surface area contributed by atoms with Gasteiger partial charge in [0.1, 0.15) is 0 Å². The summed E-state index contributed by atoms with van der Waals surface area (Å²) in [5.41, 5.74) is 15.8. The fraction of sp³-hybridized carbons (Fsp3) is 0.400. The maximum atomic E-state index is 8.90. The molecule has 0 unspecified atom stereocenters. The lowest BCUT2D eigenvalue weighted by Crippen LogP contribution is -2.29. The number of nitrogens with zero attached hydrogens (tertiary/aromatic N) is 1. The minimum Gasteiger partial charge on any atom is -0.399 e. The third kappa shape index (κ3) is 8.63. The lowest BCUT2D eigenvalue weighted by atomic mass is 10.1. The molecule has 0 aliphatic heterocycles. The Bertz CT molecular complexity index is 644. The maximum Gasteiger partial charge on any atom is 0.0635 e. The predicted octanol–water partition coefficient (Wildman–Crippen LogP) is 1.70. The smallest absolute Gasteiger partial charge is 0.0635 e.